The van der Waals surface area contributed by atoms with Gasteiger partial charge < -0.3 is 15.8 Å². The van der Waals surface area contributed by atoms with E-state index in [1.54, 1.807) is 11.3 Å². The number of ether oxygens (including phenoxy) is 1. The molecule has 0 saturated carbocycles. The molecule has 0 spiro atoms. The summed E-state index contributed by atoms with van der Waals surface area (Å²) in [6.45, 7) is 8.07. The van der Waals surface area contributed by atoms with Crippen LogP contribution < -0.4 is 15.8 Å². The minimum absolute atomic E-state index is 0.103. The van der Waals surface area contributed by atoms with Crippen molar-refractivity contribution in [2.24, 2.45) is 0 Å². The maximum atomic E-state index is 5.92. The van der Waals surface area contributed by atoms with Crippen molar-refractivity contribution in [3.05, 3.63) is 34.3 Å². The average Bonchev–Trinajstić information content (AvgIpc) is 2.79. The fourth-order valence-corrected chi connectivity index (χ4v) is 2.67. The van der Waals surface area contributed by atoms with E-state index in [2.05, 4.69) is 22.6 Å². The third-order valence-electron chi connectivity index (χ3n) is 2.77. The summed E-state index contributed by atoms with van der Waals surface area (Å²) in [5.74, 6) is 0.715. The maximum absolute atomic E-state index is 5.92. The predicted octanol–water partition coefficient (Wildman–Crippen LogP) is 3.99. The predicted molar refractivity (Wildman–Crippen MR) is 85.5 cm³/mol. The Hall–Kier alpha value is -1.75. The van der Waals surface area contributed by atoms with E-state index in [9.17, 15) is 0 Å². The summed E-state index contributed by atoms with van der Waals surface area (Å²) < 4.78 is 5.70. The van der Waals surface area contributed by atoms with Gasteiger partial charge in [0.05, 0.1) is 17.8 Å². The molecule has 0 aliphatic rings. The largest absolute Gasteiger partial charge is 0.489 e. The molecule has 0 amide bonds. The van der Waals surface area contributed by atoms with Crippen molar-refractivity contribution in [1.29, 1.82) is 0 Å². The highest BCUT2D eigenvalue weighted by Crippen LogP contribution is 2.29. The molecule has 108 valence electrons. The van der Waals surface area contributed by atoms with Crippen LogP contribution in [0.2, 0.25) is 0 Å². The van der Waals surface area contributed by atoms with Gasteiger partial charge in [0.1, 0.15) is 10.8 Å². The summed E-state index contributed by atoms with van der Waals surface area (Å²) in [5, 5.41) is 6.56. The van der Waals surface area contributed by atoms with Gasteiger partial charge in [0.25, 0.3) is 0 Å². The molecule has 0 aliphatic carbocycles. The number of thiazole rings is 1. The third-order valence-corrected chi connectivity index (χ3v) is 3.91. The number of nitrogens with two attached hydrogens (primary N) is 1. The second kappa shape index (κ2) is 6.13. The van der Waals surface area contributed by atoms with Crippen molar-refractivity contribution in [3.63, 3.8) is 0 Å². The van der Waals surface area contributed by atoms with Gasteiger partial charge in [-0.05, 0) is 39.8 Å². The zero-order chi connectivity index (χ0) is 14.7. The van der Waals surface area contributed by atoms with E-state index < -0.39 is 0 Å². The van der Waals surface area contributed by atoms with Gasteiger partial charge in [-0.1, -0.05) is 0 Å². The molecule has 0 bridgehead atoms. The molecule has 0 fully saturated rings. The number of benzene rings is 1. The Morgan fingerprint density at radius 2 is 2.05 bits per heavy atom. The molecule has 1 heterocycles. The lowest BCUT2D eigenvalue weighted by Gasteiger charge is -2.16. The lowest BCUT2D eigenvalue weighted by atomic mass is 10.2. The standard InChI is InChI=1S/C15H21N3OS/c1-9(2)19-14-7-12(5-6-13(14)16)18-11(4)15-17-10(3)8-20-15/h5-9,11,18H,16H2,1-4H3. The van der Waals surface area contributed by atoms with Crippen LogP contribution in [0.25, 0.3) is 0 Å². The van der Waals surface area contributed by atoms with Gasteiger partial charge in [0.2, 0.25) is 0 Å². The number of hydrogen-bond donors (Lipinski definition) is 2. The minimum atomic E-state index is 0.103. The molecule has 5 heteroatoms. The van der Waals surface area contributed by atoms with E-state index in [0.29, 0.717) is 11.4 Å². The molecule has 0 saturated heterocycles. The second-order valence-electron chi connectivity index (χ2n) is 5.11. The van der Waals surface area contributed by atoms with E-state index >= 15 is 0 Å². The van der Waals surface area contributed by atoms with Crippen LogP contribution >= 0.6 is 11.3 Å². The molecule has 1 unspecified atom stereocenters. The van der Waals surface area contributed by atoms with E-state index in [0.717, 1.165) is 16.4 Å². The van der Waals surface area contributed by atoms with Crippen LogP contribution in [0.3, 0.4) is 0 Å². The van der Waals surface area contributed by atoms with E-state index in [1.807, 2.05) is 39.0 Å². The van der Waals surface area contributed by atoms with Gasteiger partial charge in [-0.2, -0.15) is 0 Å². The second-order valence-corrected chi connectivity index (χ2v) is 6.00. The Labute approximate surface area is 124 Å². The topological polar surface area (TPSA) is 60.2 Å². The van der Waals surface area contributed by atoms with E-state index in [4.69, 9.17) is 10.5 Å². The van der Waals surface area contributed by atoms with Crippen molar-refractivity contribution in [1.82, 2.24) is 4.98 Å². The molecular formula is C15H21N3OS. The van der Waals surface area contributed by atoms with Crippen molar-refractivity contribution in [3.8, 4) is 5.75 Å². The summed E-state index contributed by atoms with van der Waals surface area (Å²) in [4.78, 5) is 4.50. The molecule has 1 aromatic heterocycles. The first-order valence-electron chi connectivity index (χ1n) is 6.70. The third kappa shape index (κ3) is 3.63. The minimum Gasteiger partial charge on any atom is -0.489 e. The van der Waals surface area contributed by atoms with Gasteiger partial charge in [0.15, 0.2) is 0 Å². The van der Waals surface area contributed by atoms with Gasteiger partial charge in [-0.25, -0.2) is 4.98 Å². The SMILES string of the molecule is Cc1csc(C(C)Nc2ccc(N)c(OC(C)C)c2)n1. The fraction of sp³-hybridized carbons (Fsp3) is 0.400. The Balaban J connectivity index is 2.13. The summed E-state index contributed by atoms with van der Waals surface area (Å²) in [7, 11) is 0. The Bertz CT molecular complexity index is 580. The lowest BCUT2D eigenvalue weighted by Crippen LogP contribution is -2.09. The van der Waals surface area contributed by atoms with Crippen molar-refractivity contribution in [2.75, 3.05) is 11.1 Å². The normalized spacial score (nSPS) is 12.4. The monoisotopic (exact) mass is 291 g/mol. The fourth-order valence-electron chi connectivity index (χ4n) is 1.86. The van der Waals surface area contributed by atoms with Gasteiger partial charge >= 0.3 is 0 Å². The zero-order valence-electron chi connectivity index (χ0n) is 12.3. The summed E-state index contributed by atoms with van der Waals surface area (Å²) >= 11 is 1.67. The number of anilines is 2. The van der Waals surface area contributed by atoms with Crippen LogP contribution in [-0.4, -0.2) is 11.1 Å². The van der Waals surface area contributed by atoms with Crippen molar-refractivity contribution >= 4 is 22.7 Å². The smallest absolute Gasteiger partial charge is 0.144 e. The van der Waals surface area contributed by atoms with Gasteiger partial charge in [-0.15, -0.1) is 11.3 Å². The van der Waals surface area contributed by atoms with Gasteiger partial charge in [0, 0.05) is 22.8 Å². The van der Waals surface area contributed by atoms with Crippen LogP contribution in [0.15, 0.2) is 23.6 Å². The van der Waals surface area contributed by atoms with E-state index in [1.165, 1.54) is 0 Å². The van der Waals surface area contributed by atoms with Gasteiger partial charge in [-0.3, -0.25) is 0 Å². The average molecular weight is 291 g/mol. The Kier molecular flexibility index (Phi) is 4.49. The van der Waals surface area contributed by atoms with Crippen LogP contribution in [0, 0.1) is 6.92 Å². The summed E-state index contributed by atoms with van der Waals surface area (Å²) in [6.07, 6.45) is 0.103. The highest BCUT2D eigenvalue weighted by atomic mass is 32.1. The molecule has 0 aliphatic heterocycles. The maximum Gasteiger partial charge on any atom is 0.144 e. The first-order chi connectivity index (χ1) is 9.45. The molecule has 2 rings (SSSR count). The van der Waals surface area contributed by atoms with E-state index in [-0.39, 0.29) is 12.1 Å². The molecule has 1 atom stereocenters. The highest BCUT2D eigenvalue weighted by molar-refractivity contribution is 7.09. The quantitative estimate of drug-likeness (QED) is 0.818. The molecule has 20 heavy (non-hydrogen) atoms. The number of aryl methyl sites for hydroxylation is 1. The van der Waals surface area contributed by atoms with Crippen LogP contribution in [-0.2, 0) is 0 Å². The summed E-state index contributed by atoms with van der Waals surface area (Å²) in [5.41, 5.74) is 8.61. The van der Waals surface area contributed by atoms with Crippen molar-refractivity contribution < 1.29 is 4.74 Å². The first kappa shape index (κ1) is 14.7. The molecule has 3 N–H and O–H groups in total. The van der Waals surface area contributed by atoms with Crippen LogP contribution in [0.5, 0.6) is 5.75 Å². The number of aromatic nitrogens is 1. The molecule has 1 aromatic carbocycles. The Morgan fingerprint density at radius 1 is 1.30 bits per heavy atom. The molecule has 2 aromatic rings. The van der Waals surface area contributed by atoms with Crippen LogP contribution in [0.4, 0.5) is 11.4 Å². The molecule has 0 radical (unpaired) electrons. The number of nitrogens with one attached hydrogen (secondary N) is 1. The lowest BCUT2D eigenvalue weighted by molar-refractivity contribution is 0.244. The highest BCUT2D eigenvalue weighted by Gasteiger charge is 2.11. The number of nitrogens with zero attached hydrogens (tertiary/aromatic N) is 1. The first-order valence-corrected chi connectivity index (χ1v) is 7.58. The molecule has 4 nitrogen and oxygen atoms in total. The summed E-state index contributed by atoms with van der Waals surface area (Å²) in [6, 6.07) is 5.91. The van der Waals surface area contributed by atoms with Crippen LogP contribution in [0.1, 0.15) is 37.5 Å². The number of nitrogen functional groups attached to an aromatic ring is 1. The molecular weight excluding hydrogens is 270 g/mol. The number of rotatable bonds is 5. The number of hydrogen-bond acceptors (Lipinski definition) is 5. The zero-order valence-corrected chi connectivity index (χ0v) is 13.1. The van der Waals surface area contributed by atoms with Crippen molar-refractivity contribution in [2.45, 2.75) is 39.8 Å². The Morgan fingerprint density at radius 3 is 2.65 bits per heavy atom.